The molecule has 0 unspecified atom stereocenters. The van der Waals surface area contributed by atoms with Crippen molar-refractivity contribution < 1.29 is 13.2 Å². The van der Waals surface area contributed by atoms with Gasteiger partial charge in [0.2, 0.25) is 0 Å². The van der Waals surface area contributed by atoms with Gasteiger partial charge in [-0.25, -0.2) is 8.42 Å². The first-order chi connectivity index (χ1) is 15.3. The molecule has 1 aliphatic rings. The number of aryl methyl sites for hydroxylation is 2. The van der Waals surface area contributed by atoms with Crippen molar-refractivity contribution in [2.75, 3.05) is 4.72 Å². The minimum atomic E-state index is -3.89. The summed E-state index contributed by atoms with van der Waals surface area (Å²) in [6.07, 6.45) is 4.15. The number of fused-ring (bicyclic) bond motifs is 1. The molecule has 1 amide bonds. The van der Waals surface area contributed by atoms with Crippen LogP contribution in [0.3, 0.4) is 0 Å². The molecule has 0 radical (unpaired) electrons. The van der Waals surface area contributed by atoms with Crippen LogP contribution < -0.4 is 10.0 Å². The molecule has 10 heteroatoms. The van der Waals surface area contributed by atoms with Crippen LogP contribution in [0.2, 0.25) is 5.02 Å². The van der Waals surface area contributed by atoms with Crippen LogP contribution in [0.15, 0.2) is 47.4 Å². The van der Waals surface area contributed by atoms with E-state index in [0.717, 1.165) is 43.6 Å². The molecule has 0 saturated heterocycles. The highest BCUT2D eigenvalue weighted by Gasteiger charge is 2.20. The fourth-order valence-corrected chi connectivity index (χ4v) is 4.98. The molecule has 0 bridgehead atoms. The summed E-state index contributed by atoms with van der Waals surface area (Å²) >= 11 is 6.21. The number of carbonyl (C=O) groups is 1. The Labute approximate surface area is 192 Å². The lowest BCUT2D eigenvalue weighted by Gasteiger charge is -2.12. The van der Waals surface area contributed by atoms with Gasteiger partial charge in [-0.15, -0.1) is 10.2 Å². The van der Waals surface area contributed by atoms with E-state index in [-0.39, 0.29) is 22.0 Å². The van der Waals surface area contributed by atoms with Gasteiger partial charge in [0.05, 0.1) is 22.0 Å². The Morgan fingerprint density at radius 2 is 1.97 bits per heavy atom. The first-order valence-corrected chi connectivity index (χ1v) is 12.3. The molecule has 0 spiro atoms. The summed E-state index contributed by atoms with van der Waals surface area (Å²) in [4.78, 5) is 12.8. The van der Waals surface area contributed by atoms with Crippen LogP contribution in [-0.2, 0) is 29.5 Å². The lowest BCUT2D eigenvalue weighted by atomic mass is 10.2. The minimum Gasteiger partial charge on any atom is -0.345 e. The van der Waals surface area contributed by atoms with E-state index in [1.807, 2.05) is 17.6 Å². The van der Waals surface area contributed by atoms with E-state index in [0.29, 0.717) is 11.5 Å². The zero-order valence-corrected chi connectivity index (χ0v) is 19.2. The standard InChI is InChI=1S/C22H24ClN5O3S/c1-15-6-5-7-16(12-15)27-32(30,31)17-9-10-19(23)18(13-17)22(29)24-14-21-26-25-20-8-3-2-4-11-28(20)21/h5-7,9-10,12-13,27H,2-4,8,11,14H2,1H3,(H,24,29). The molecule has 2 heterocycles. The summed E-state index contributed by atoms with van der Waals surface area (Å²) in [5.41, 5.74) is 1.44. The topological polar surface area (TPSA) is 106 Å². The Kier molecular flexibility index (Phi) is 6.48. The first-order valence-electron chi connectivity index (χ1n) is 10.4. The number of hydrogen-bond donors (Lipinski definition) is 2. The number of benzene rings is 2. The fourth-order valence-electron chi connectivity index (χ4n) is 3.70. The van der Waals surface area contributed by atoms with E-state index >= 15 is 0 Å². The predicted octanol–water partition coefficient (Wildman–Crippen LogP) is 3.70. The zero-order valence-electron chi connectivity index (χ0n) is 17.6. The fraction of sp³-hybridized carbons (Fsp3) is 0.318. The second-order valence-electron chi connectivity index (χ2n) is 7.79. The Bertz CT molecular complexity index is 1260. The maximum absolute atomic E-state index is 12.8. The molecule has 1 aliphatic heterocycles. The number of rotatable bonds is 6. The van der Waals surface area contributed by atoms with Crippen LogP contribution in [0.1, 0.15) is 46.8 Å². The highest BCUT2D eigenvalue weighted by atomic mass is 35.5. The highest BCUT2D eigenvalue weighted by molar-refractivity contribution is 7.92. The summed E-state index contributed by atoms with van der Waals surface area (Å²) < 4.78 is 30.2. The number of nitrogens with zero attached hydrogens (tertiary/aromatic N) is 3. The smallest absolute Gasteiger partial charge is 0.261 e. The summed E-state index contributed by atoms with van der Waals surface area (Å²) in [6, 6.07) is 11.1. The SMILES string of the molecule is Cc1cccc(NS(=O)(=O)c2ccc(Cl)c(C(=O)NCc3nnc4n3CCCCC4)c2)c1. The molecular weight excluding hydrogens is 450 g/mol. The average molecular weight is 474 g/mol. The molecule has 168 valence electrons. The number of halogens is 1. The van der Waals surface area contributed by atoms with E-state index in [4.69, 9.17) is 11.6 Å². The van der Waals surface area contributed by atoms with Crippen molar-refractivity contribution >= 4 is 33.2 Å². The van der Waals surface area contributed by atoms with Crippen molar-refractivity contribution in [2.45, 2.75) is 50.6 Å². The molecule has 1 aromatic heterocycles. The van der Waals surface area contributed by atoms with Crippen molar-refractivity contribution in [3.05, 3.63) is 70.3 Å². The zero-order chi connectivity index (χ0) is 22.7. The molecule has 8 nitrogen and oxygen atoms in total. The van der Waals surface area contributed by atoms with Crippen molar-refractivity contribution in [1.29, 1.82) is 0 Å². The summed E-state index contributed by atoms with van der Waals surface area (Å²) in [5, 5.41) is 11.4. The maximum atomic E-state index is 12.8. The van der Waals surface area contributed by atoms with Crippen LogP contribution in [-0.4, -0.2) is 29.1 Å². The molecule has 0 atom stereocenters. The number of sulfonamides is 1. The number of hydrogen-bond acceptors (Lipinski definition) is 5. The van der Waals surface area contributed by atoms with E-state index in [2.05, 4.69) is 20.2 Å². The average Bonchev–Trinajstić information content (AvgIpc) is 2.97. The van der Waals surface area contributed by atoms with Crippen LogP contribution in [0.5, 0.6) is 0 Å². The predicted molar refractivity (Wildman–Crippen MR) is 122 cm³/mol. The van der Waals surface area contributed by atoms with E-state index in [1.165, 1.54) is 18.2 Å². The van der Waals surface area contributed by atoms with E-state index < -0.39 is 15.9 Å². The highest BCUT2D eigenvalue weighted by Crippen LogP contribution is 2.23. The largest absolute Gasteiger partial charge is 0.345 e. The molecule has 0 fully saturated rings. The van der Waals surface area contributed by atoms with E-state index in [1.54, 1.807) is 18.2 Å². The summed E-state index contributed by atoms with van der Waals surface area (Å²) in [6.45, 7) is 2.88. The van der Waals surface area contributed by atoms with Gasteiger partial charge in [0.1, 0.15) is 5.82 Å². The second-order valence-corrected chi connectivity index (χ2v) is 9.88. The number of amides is 1. The maximum Gasteiger partial charge on any atom is 0.261 e. The Hall–Kier alpha value is -2.91. The Morgan fingerprint density at radius 3 is 2.78 bits per heavy atom. The van der Waals surface area contributed by atoms with Crippen LogP contribution in [0, 0.1) is 6.92 Å². The molecule has 0 aliphatic carbocycles. The Balaban J connectivity index is 1.51. The number of nitrogens with one attached hydrogen (secondary N) is 2. The molecule has 3 aromatic rings. The van der Waals surface area contributed by atoms with Gasteiger partial charge in [0, 0.05) is 18.7 Å². The number of carbonyl (C=O) groups excluding carboxylic acids is 1. The van der Waals surface area contributed by atoms with Crippen LogP contribution in [0.25, 0.3) is 0 Å². The van der Waals surface area contributed by atoms with Crippen molar-refractivity contribution in [3.8, 4) is 0 Å². The van der Waals surface area contributed by atoms with Gasteiger partial charge in [-0.3, -0.25) is 9.52 Å². The van der Waals surface area contributed by atoms with Crippen molar-refractivity contribution in [1.82, 2.24) is 20.1 Å². The third-order valence-electron chi connectivity index (χ3n) is 5.36. The molecule has 2 N–H and O–H groups in total. The lowest BCUT2D eigenvalue weighted by Crippen LogP contribution is -2.25. The Morgan fingerprint density at radius 1 is 1.12 bits per heavy atom. The number of anilines is 1. The summed E-state index contributed by atoms with van der Waals surface area (Å²) in [7, 11) is -3.89. The lowest BCUT2D eigenvalue weighted by molar-refractivity contribution is 0.0949. The molecule has 4 rings (SSSR count). The van der Waals surface area contributed by atoms with Gasteiger partial charge in [-0.1, -0.05) is 30.2 Å². The normalized spacial score (nSPS) is 13.8. The number of aromatic nitrogens is 3. The molecule has 0 saturated carbocycles. The quantitative estimate of drug-likeness (QED) is 0.567. The van der Waals surface area contributed by atoms with Crippen LogP contribution in [0.4, 0.5) is 5.69 Å². The monoisotopic (exact) mass is 473 g/mol. The second kappa shape index (κ2) is 9.30. The van der Waals surface area contributed by atoms with Gasteiger partial charge >= 0.3 is 0 Å². The molecule has 2 aromatic carbocycles. The van der Waals surface area contributed by atoms with Crippen LogP contribution >= 0.6 is 11.6 Å². The third-order valence-corrected chi connectivity index (χ3v) is 7.06. The van der Waals surface area contributed by atoms with Crippen molar-refractivity contribution in [2.24, 2.45) is 0 Å². The summed E-state index contributed by atoms with van der Waals surface area (Å²) in [5.74, 6) is 1.13. The van der Waals surface area contributed by atoms with Gasteiger partial charge < -0.3 is 9.88 Å². The minimum absolute atomic E-state index is 0.0510. The third kappa shape index (κ3) is 4.94. The molecule has 32 heavy (non-hydrogen) atoms. The van der Waals surface area contributed by atoms with Gasteiger partial charge in [0.25, 0.3) is 15.9 Å². The van der Waals surface area contributed by atoms with Crippen molar-refractivity contribution in [3.63, 3.8) is 0 Å². The van der Waals surface area contributed by atoms with Gasteiger partial charge in [-0.05, 0) is 55.7 Å². The first kappa shape index (κ1) is 22.3. The van der Waals surface area contributed by atoms with Gasteiger partial charge in [-0.2, -0.15) is 0 Å². The van der Waals surface area contributed by atoms with Gasteiger partial charge in [0.15, 0.2) is 5.82 Å². The molecular formula is C22H24ClN5O3S. The van der Waals surface area contributed by atoms with E-state index in [9.17, 15) is 13.2 Å².